The number of nitro benzene ring substituents is 1. The SMILES string of the molecule is O=C(Nc1ccc([N+](=O)[O-])c(NC(=O)C(Cl)(Cl)Cl)c1)C(Cl)(Cl)Cl. The normalized spacial score (nSPS) is 11.7. The number of nitrogens with zero attached hydrogens (tertiary/aromatic N) is 1. The molecule has 0 aliphatic carbocycles. The maximum absolute atomic E-state index is 11.6. The first-order valence-corrected chi connectivity index (χ1v) is 7.64. The van der Waals surface area contributed by atoms with Crippen molar-refractivity contribution in [1.29, 1.82) is 0 Å². The van der Waals surface area contributed by atoms with Gasteiger partial charge >= 0.3 is 0 Å². The Balaban J connectivity index is 3.16. The molecule has 126 valence electrons. The van der Waals surface area contributed by atoms with Gasteiger partial charge in [0, 0.05) is 11.8 Å². The van der Waals surface area contributed by atoms with E-state index in [-0.39, 0.29) is 11.4 Å². The molecule has 0 atom stereocenters. The van der Waals surface area contributed by atoms with Crippen LogP contribution in [0.3, 0.4) is 0 Å². The lowest BCUT2D eigenvalue weighted by Crippen LogP contribution is -2.28. The molecular weight excluding hydrogens is 439 g/mol. The van der Waals surface area contributed by atoms with E-state index in [1.807, 2.05) is 0 Å². The fourth-order valence-corrected chi connectivity index (χ4v) is 1.55. The summed E-state index contributed by atoms with van der Waals surface area (Å²) < 4.78 is -4.59. The number of hydrogen-bond donors (Lipinski definition) is 2. The Morgan fingerprint density at radius 3 is 1.87 bits per heavy atom. The quantitative estimate of drug-likeness (QED) is 0.415. The molecule has 0 heterocycles. The third kappa shape index (κ3) is 6.02. The molecular formula is C10H5Cl6N3O4. The van der Waals surface area contributed by atoms with E-state index >= 15 is 0 Å². The lowest BCUT2D eigenvalue weighted by molar-refractivity contribution is -0.383. The Morgan fingerprint density at radius 1 is 0.957 bits per heavy atom. The molecule has 7 nitrogen and oxygen atoms in total. The zero-order chi connectivity index (χ0) is 18.0. The molecule has 0 bridgehead atoms. The van der Waals surface area contributed by atoms with Gasteiger partial charge in [-0.05, 0) is 12.1 Å². The van der Waals surface area contributed by atoms with E-state index in [1.165, 1.54) is 0 Å². The smallest absolute Gasteiger partial charge is 0.292 e. The third-order valence-corrected chi connectivity index (χ3v) is 3.24. The van der Waals surface area contributed by atoms with Crippen LogP contribution in [-0.2, 0) is 9.59 Å². The number of anilines is 2. The van der Waals surface area contributed by atoms with Gasteiger partial charge < -0.3 is 10.6 Å². The van der Waals surface area contributed by atoms with Crippen molar-refractivity contribution in [3.05, 3.63) is 28.3 Å². The number of alkyl halides is 6. The Hall–Kier alpha value is -0.700. The molecule has 0 spiro atoms. The Morgan fingerprint density at radius 2 is 1.43 bits per heavy atom. The minimum atomic E-state index is -2.34. The summed E-state index contributed by atoms with van der Waals surface area (Å²) in [6.45, 7) is 0. The molecule has 1 aromatic carbocycles. The first-order valence-electron chi connectivity index (χ1n) is 5.37. The van der Waals surface area contributed by atoms with Gasteiger partial charge in [-0.2, -0.15) is 0 Å². The molecule has 0 radical (unpaired) electrons. The monoisotopic (exact) mass is 441 g/mol. The van der Waals surface area contributed by atoms with Crippen LogP contribution in [0.25, 0.3) is 0 Å². The summed E-state index contributed by atoms with van der Waals surface area (Å²) in [6.07, 6.45) is 0. The Kier molecular flexibility index (Phi) is 6.60. The van der Waals surface area contributed by atoms with Crippen molar-refractivity contribution in [3.63, 3.8) is 0 Å². The minimum Gasteiger partial charge on any atom is -0.322 e. The number of hydrogen-bond acceptors (Lipinski definition) is 4. The van der Waals surface area contributed by atoms with Crippen molar-refractivity contribution in [2.24, 2.45) is 0 Å². The Bertz CT molecular complexity index is 655. The highest BCUT2D eigenvalue weighted by Gasteiger charge is 2.33. The molecule has 0 aromatic heterocycles. The molecule has 0 aliphatic rings. The van der Waals surface area contributed by atoms with Crippen molar-refractivity contribution < 1.29 is 14.5 Å². The zero-order valence-corrected chi connectivity index (χ0v) is 15.1. The highest BCUT2D eigenvalue weighted by atomic mass is 35.6. The second kappa shape index (κ2) is 7.46. The molecule has 0 aliphatic heterocycles. The second-order valence-corrected chi connectivity index (χ2v) is 8.46. The second-order valence-electron chi connectivity index (χ2n) is 3.89. The van der Waals surface area contributed by atoms with E-state index in [0.29, 0.717) is 0 Å². The molecule has 0 fully saturated rings. The molecule has 1 aromatic rings. The van der Waals surface area contributed by atoms with E-state index in [0.717, 1.165) is 18.2 Å². The van der Waals surface area contributed by atoms with Gasteiger partial charge in [-0.3, -0.25) is 19.7 Å². The summed E-state index contributed by atoms with van der Waals surface area (Å²) in [5, 5.41) is 15.2. The number of halogens is 6. The molecule has 0 unspecified atom stereocenters. The van der Waals surface area contributed by atoms with Crippen LogP contribution in [0.5, 0.6) is 0 Å². The molecule has 2 amide bonds. The van der Waals surface area contributed by atoms with Crippen LogP contribution >= 0.6 is 69.6 Å². The van der Waals surface area contributed by atoms with E-state index < -0.39 is 30.0 Å². The van der Waals surface area contributed by atoms with Crippen LogP contribution in [0.2, 0.25) is 0 Å². The zero-order valence-electron chi connectivity index (χ0n) is 10.6. The first-order chi connectivity index (χ1) is 10.3. The summed E-state index contributed by atoms with van der Waals surface area (Å²) >= 11 is 32.3. The lowest BCUT2D eigenvalue weighted by Gasteiger charge is -2.14. The van der Waals surface area contributed by atoms with Gasteiger partial charge in [-0.25, -0.2) is 0 Å². The molecule has 1 rings (SSSR count). The number of carbonyl (C=O) groups is 2. The predicted octanol–water partition coefficient (Wildman–Crippen LogP) is 4.21. The average Bonchev–Trinajstić information content (AvgIpc) is 2.36. The van der Waals surface area contributed by atoms with Crippen molar-refractivity contribution in [3.8, 4) is 0 Å². The van der Waals surface area contributed by atoms with Crippen LogP contribution in [-0.4, -0.2) is 24.3 Å². The van der Waals surface area contributed by atoms with E-state index in [9.17, 15) is 19.7 Å². The van der Waals surface area contributed by atoms with Crippen molar-refractivity contribution in [2.75, 3.05) is 10.6 Å². The van der Waals surface area contributed by atoms with Crippen LogP contribution < -0.4 is 10.6 Å². The topological polar surface area (TPSA) is 101 Å². The fraction of sp³-hybridized carbons (Fsp3) is 0.200. The molecule has 0 saturated heterocycles. The maximum Gasteiger partial charge on any atom is 0.292 e. The van der Waals surface area contributed by atoms with Gasteiger partial charge in [0.05, 0.1) is 4.92 Å². The summed E-state index contributed by atoms with van der Waals surface area (Å²) in [5.74, 6) is -2.13. The number of benzene rings is 1. The highest BCUT2D eigenvalue weighted by Crippen LogP contribution is 2.33. The van der Waals surface area contributed by atoms with E-state index in [2.05, 4.69) is 10.6 Å². The summed E-state index contributed by atoms with van der Waals surface area (Å²) in [4.78, 5) is 33.3. The number of rotatable bonds is 3. The van der Waals surface area contributed by atoms with Crippen molar-refractivity contribution in [2.45, 2.75) is 7.59 Å². The minimum absolute atomic E-state index is 0.00606. The van der Waals surface area contributed by atoms with Gasteiger partial charge in [0.2, 0.25) is 0 Å². The van der Waals surface area contributed by atoms with Gasteiger partial charge in [0.25, 0.3) is 25.1 Å². The standard InChI is InChI=1S/C10H5Cl6N3O4/c11-9(12,13)7(20)17-4-1-2-6(19(22)23)5(3-4)18-8(21)10(14,15)16/h1-3H,(H,17,20)(H,18,21). The largest absolute Gasteiger partial charge is 0.322 e. The van der Waals surface area contributed by atoms with Gasteiger partial charge in [0.1, 0.15) is 5.69 Å². The summed E-state index contributed by atoms with van der Waals surface area (Å²) in [7, 11) is 0. The van der Waals surface area contributed by atoms with Crippen LogP contribution in [0.1, 0.15) is 0 Å². The molecule has 2 N–H and O–H groups in total. The van der Waals surface area contributed by atoms with Crippen molar-refractivity contribution >= 4 is 98.5 Å². The van der Waals surface area contributed by atoms with E-state index in [4.69, 9.17) is 69.6 Å². The molecule has 13 heteroatoms. The predicted molar refractivity (Wildman–Crippen MR) is 90.9 cm³/mol. The average molecular weight is 444 g/mol. The number of carbonyl (C=O) groups excluding carboxylic acids is 2. The molecule has 23 heavy (non-hydrogen) atoms. The maximum atomic E-state index is 11.6. The van der Waals surface area contributed by atoms with Gasteiger partial charge in [-0.15, -0.1) is 0 Å². The van der Waals surface area contributed by atoms with Crippen LogP contribution in [0.4, 0.5) is 17.1 Å². The summed E-state index contributed by atoms with van der Waals surface area (Å²) in [6, 6.07) is 3.21. The first kappa shape index (κ1) is 20.3. The van der Waals surface area contributed by atoms with Crippen molar-refractivity contribution in [1.82, 2.24) is 0 Å². The van der Waals surface area contributed by atoms with Gasteiger partial charge in [-0.1, -0.05) is 69.6 Å². The van der Waals surface area contributed by atoms with Crippen LogP contribution in [0, 0.1) is 10.1 Å². The van der Waals surface area contributed by atoms with Gasteiger partial charge in [0.15, 0.2) is 0 Å². The lowest BCUT2D eigenvalue weighted by atomic mass is 10.2. The Labute approximate surface area is 159 Å². The highest BCUT2D eigenvalue weighted by molar-refractivity contribution is 6.77. The third-order valence-electron chi connectivity index (χ3n) is 2.21. The summed E-state index contributed by atoms with van der Waals surface area (Å²) in [5.41, 5.74) is -0.820. The number of amides is 2. The van der Waals surface area contributed by atoms with E-state index in [1.54, 1.807) is 0 Å². The van der Waals surface area contributed by atoms with Crippen LogP contribution in [0.15, 0.2) is 18.2 Å². The number of nitro groups is 1. The molecule has 0 saturated carbocycles. The fourth-order valence-electron chi connectivity index (χ4n) is 1.27. The number of nitrogens with one attached hydrogen (secondary N) is 2.